The second-order valence-electron chi connectivity index (χ2n) is 5.40. The third-order valence-corrected chi connectivity index (χ3v) is 3.98. The zero-order chi connectivity index (χ0) is 14.2. The molecule has 1 aromatic rings. The molecule has 0 bridgehead atoms. The molecule has 0 heterocycles. The van der Waals surface area contributed by atoms with Crippen molar-refractivity contribution in [2.24, 2.45) is 5.92 Å². The molecule has 1 saturated carbocycles. The highest BCUT2D eigenvalue weighted by atomic mass is 16.5. The van der Waals surface area contributed by atoms with E-state index in [1.165, 1.54) is 37.8 Å². The topological polar surface area (TPSA) is 12.5 Å². The van der Waals surface area contributed by atoms with E-state index in [4.69, 9.17) is 4.74 Å². The SMILES string of the molecule is CO/C(=C/C=C/N(C)c1ccccc1)C1CCCCC1. The van der Waals surface area contributed by atoms with Crippen LogP contribution in [0.25, 0.3) is 0 Å². The molecule has 0 N–H and O–H groups in total. The first-order valence-electron chi connectivity index (χ1n) is 7.51. The number of anilines is 1. The second kappa shape index (κ2) is 7.78. The molecule has 20 heavy (non-hydrogen) atoms. The van der Waals surface area contributed by atoms with Crippen LogP contribution in [0.2, 0.25) is 0 Å². The van der Waals surface area contributed by atoms with E-state index in [0.29, 0.717) is 5.92 Å². The number of ether oxygens (including phenoxy) is 1. The minimum absolute atomic E-state index is 0.612. The van der Waals surface area contributed by atoms with E-state index in [-0.39, 0.29) is 0 Å². The Bertz CT molecular complexity index is 444. The fourth-order valence-corrected chi connectivity index (χ4v) is 2.77. The van der Waals surface area contributed by atoms with Crippen LogP contribution in [-0.2, 0) is 4.74 Å². The maximum Gasteiger partial charge on any atom is 0.0986 e. The molecule has 1 fully saturated rings. The van der Waals surface area contributed by atoms with Crippen molar-refractivity contribution < 1.29 is 4.74 Å². The summed E-state index contributed by atoms with van der Waals surface area (Å²) in [6, 6.07) is 10.3. The lowest BCUT2D eigenvalue weighted by Gasteiger charge is -2.23. The first-order chi connectivity index (χ1) is 9.81. The van der Waals surface area contributed by atoms with Gasteiger partial charge >= 0.3 is 0 Å². The standard InChI is InChI=1S/C18H25NO/c1-19(17-12-7-4-8-13-17)15-9-14-18(20-2)16-10-5-3-6-11-16/h4,7-9,12-16H,3,5-6,10-11H2,1-2H3/b15-9+,18-14+. The van der Waals surface area contributed by atoms with Crippen LogP contribution in [0.3, 0.4) is 0 Å². The fourth-order valence-electron chi connectivity index (χ4n) is 2.77. The van der Waals surface area contributed by atoms with Crippen molar-refractivity contribution in [1.82, 2.24) is 0 Å². The van der Waals surface area contributed by atoms with Gasteiger partial charge in [-0.3, -0.25) is 0 Å². The van der Waals surface area contributed by atoms with E-state index < -0.39 is 0 Å². The highest BCUT2D eigenvalue weighted by molar-refractivity contribution is 5.48. The average Bonchev–Trinajstić information content (AvgIpc) is 2.53. The maximum atomic E-state index is 5.57. The fraction of sp³-hybridized carbons (Fsp3) is 0.444. The van der Waals surface area contributed by atoms with Gasteiger partial charge in [0.15, 0.2) is 0 Å². The van der Waals surface area contributed by atoms with Gasteiger partial charge in [0.1, 0.15) is 0 Å². The van der Waals surface area contributed by atoms with Crippen molar-refractivity contribution in [2.45, 2.75) is 32.1 Å². The molecule has 0 aliphatic heterocycles. The van der Waals surface area contributed by atoms with Gasteiger partial charge in [0.2, 0.25) is 0 Å². The monoisotopic (exact) mass is 271 g/mol. The quantitative estimate of drug-likeness (QED) is 0.566. The van der Waals surface area contributed by atoms with Gasteiger partial charge in [-0.25, -0.2) is 0 Å². The lowest BCUT2D eigenvalue weighted by molar-refractivity contribution is 0.213. The van der Waals surface area contributed by atoms with Gasteiger partial charge in [-0.1, -0.05) is 37.5 Å². The van der Waals surface area contributed by atoms with Gasteiger partial charge in [-0.05, 0) is 37.1 Å². The molecule has 108 valence electrons. The third-order valence-electron chi connectivity index (χ3n) is 3.98. The number of para-hydroxylation sites is 1. The Hall–Kier alpha value is -1.70. The smallest absolute Gasteiger partial charge is 0.0986 e. The highest BCUT2D eigenvalue weighted by Crippen LogP contribution is 2.29. The van der Waals surface area contributed by atoms with Crippen molar-refractivity contribution in [3.63, 3.8) is 0 Å². The summed E-state index contributed by atoms with van der Waals surface area (Å²) in [6.45, 7) is 0. The molecule has 0 aromatic heterocycles. The summed E-state index contributed by atoms with van der Waals surface area (Å²) in [7, 11) is 3.85. The van der Waals surface area contributed by atoms with Crippen LogP contribution in [-0.4, -0.2) is 14.2 Å². The van der Waals surface area contributed by atoms with Crippen molar-refractivity contribution >= 4 is 5.69 Å². The lowest BCUT2D eigenvalue weighted by atomic mass is 9.87. The lowest BCUT2D eigenvalue weighted by Crippen LogP contribution is -2.10. The van der Waals surface area contributed by atoms with Gasteiger partial charge in [0.25, 0.3) is 0 Å². The first-order valence-corrected chi connectivity index (χ1v) is 7.51. The number of hydrogen-bond acceptors (Lipinski definition) is 2. The van der Waals surface area contributed by atoms with Gasteiger partial charge in [-0.2, -0.15) is 0 Å². The molecular formula is C18H25NO. The third kappa shape index (κ3) is 4.16. The van der Waals surface area contributed by atoms with Crippen molar-refractivity contribution in [3.05, 3.63) is 54.4 Å². The van der Waals surface area contributed by atoms with E-state index in [9.17, 15) is 0 Å². The number of methoxy groups -OCH3 is 1. The molecule has 1 aromatic carbocycles. The van der Waals surface area contributed by atoms with Crippen LogP contribution in [0.4, 0.5) is 5.69 Å². The van der Waals surface area contributed by atoms with E-state index in [2.05, 4.69) is 54.6 Å². The normalized spacial score (nSPS) is 17.4. The van der Waals surface area contributed by atoms with Crippen LogP contribution in [0, 0.1) is 5.92 Å². The molecule has 0 saturated heterocycles. The summed E-state index contributed by atoms with van der Waals surface area (Å²) in [5.74, 6) is 1.74. The van der Waals surface area contributed by atoms with E-state index in [1.807, 2.05) is 6.07 Å². The minimum atomic E-state index is 0.612. The van der Waals surface area contributed by atoms with Gasteiger partial charge in [0, 0.05) is 24.9 Å². The number of benzene rings is 1. The highest BCUT2D eigenvalue weighted by Gasteiger charge is 2.17. The van der Waals surface area contributed by atoms with Crippen LogP contribution in [0.15, 0.2) is 54.4 Å². The molecular weight excluding hydrogens is 246 g/mol. The summed E-state index contributed by atoms with van der Waals surface area (Å²) < 4.78 is 5.57. The minimum Gasteiger partial charge on any atom is -0.501 e. The van der Waals surface area contributed by atoms with Crippen LogP contribution < -0.4 is 4.90 Å². The molecule has 0 spiro atoms. The molecule has 0 radical (unpaired) electrons. The summed E-state index contributed by atoms with van der Waals surface area (Å²) in [6.07, 6.45) is 12.9. The molecule has 2 rings (SSSR count). The van der Waals surface area contributed by atoms with E-state index in [1.54, 1.807) is 7.11 Å². The first kappa shape index (κ1) is 14.7. The molecule has 1 aliphatic rings. The zero-order valence-corrected chi connectivity index (χ0v) is 12.6. The number of hydrogen-bond donors (Lipinski definition) is 0. The zero-order valence-electron chi connectivity index (χ0n) is 12.6. The van der Waals surface area contributed by atoms with Crippen LogP contribution in [0.1, 0.15) is 32.1 Å². The Morgan fingerprint density at radius 2 is 1.85 bits per heavy atom. The van der Waals surface area contributed by atoms with E-state index >= 15 is 0 Å². The number of nitrogens with zero attached hydrogens (tertiary/aromatic N) is 1. The predicted molar refractivity (Wildman–Crippen MR) is 85.7 cm³/mol. The maximum absolute atomic E-state index is 5.57. The molecule has 0 amide bonds. The Morgan fingerprint density at radius 1 is 1.15 bits per heavy atom. The van der Waals surface area contributed by atoms with E-state index in [0.717, 1.165) is 5.76 Å². The summed E-state index contributed by atoms with van der Waals surface area (Å²) in [5, 5.41) is 0. The largest absolute Gasteiger partial charge is 0.501 e. The Morgan fingerprint density at radius 3 is 2.50 bits per heavy atom. The summed E-state index contributed by atoms with van der Waals surface area (Å²) in [5.41, 5.74) is 1.19. The molecule has 2 nitrogen and oxygen atoms in total. The van der Waals surface area contributed by atoms with Crippen LogP contribution >= 0.6 is 0 Å². The number of rotatable bonds is 5. The predicted octanol–water partition coefficient (Wildman–Crippen LogP) is 4.75. The number of allylic oxidation sites excluding steroid dienone is 3. The Balaban J connectivity index is 1.96. The Kier molecular flexibility index (Phi) is 5.72. The van der Waals surface area contributed by atoms with Gasteiger partial charge in [0.05, 0.1) is 12.9 Å². The van der Waals surface area contributed by atoms with Crippen molar-refractivity contribution in [3.8, 4) is 0 Å². The molecule has 2 heteroatoms. The Labute approximate surface area is 122 Å². The van der Waals surface area contributed by atoms with Crippen molar-refractivity contribution in [2.75, 3.05) is 19.1 Å². The second-order valence-corrected chi connectivity index (χ2v) is 5.40. The van der Waals surface area contributed by atoms with Gasteiger partial charge in [-0.15, -0.1) is 0 Å². The molecule has 0 atom stereocenters. The average molecular weight is 271 g/mol. The summed E-state index contributed by atoms with van der Waals surface area (Å²) in [4.78, 5) is 2.12. The van der Waals surface area contributed by atoms with Crippen molar-refractivity contribution in [1.29, 1.82) is 0 Å². The summed E-state index contributed by atoms with van der Waals surface area (Å²) >= 11 is 0. The van der Waals surface area contributed by atoms with Crippen LogP contribution in [0.5, 0.6) is 0 Å². The van der Waals surface area contributed by atoms with Gasteiger partial charge < -0.3 is 9.64 Å². The molecule has 0 unspecified atom stereocenters. The molecule has 1 aliphatic carbocycles.